The molecule has 0 unspecified atom stereocenters. The zero-order valence-electron chi connectivity index (χ0n) is 6.75. The van der Waals surface area contributed by atoms with Crippen LogP contribution in [0.25, 0.3) is 0 Å². The predicted octanol–water partition coefficient (Wildman–Crippen LogP) is 2.83. The first-order valence-corrected chi connectivity index (χ1v) is 4.13. The highest BCUT2D eigenvalue weighted by atomic mass is 79.9. The van der Waals surface area contributed by atoms with Crippen molar-refractivity contribution in [1.82, 2.24) is 4.98 Å². The van der Waals surface area contributed by atoms with Crippen molar-refractivity contribution in [2.24, 2.45) is 5.73 Å². The Morgan fingerprint density at radius 2 is 1.93 bits per heavy atom. The molecule has 1 aromatic rings. The molecule has 1 rings (SSSR count). The van der Waals surface area contributed by atoms with Gasteiger partial charge in [0.25, 0.3) is 0 Å². The molecule has 14 heavy (non-hydrogen) atoms. The Morgan fingerprint density at radius 3 is 2.36 bits per heavy atom. The molecule has 0 fully saturated rings. The largest absolute Gasteiger partial charge is 0.407 e. The molecule has 2 N–H and O–H groups in total. The van der Waals surface area contributed by atoms with Gasteiger partial charge in [-0.2, -0.15) is 13.2 Å². The number of alkyl halides is 3. The van der Waals surface area contributed by atoms with E-state index in [0.29, 0.717) is 4.47 Å². The smallest absolute Gasteiger partial charge is 0.316 e. The third-order valence-corrected chi connectivity index (χ3v) is 1.87. The molecule has 1 heterocycles. The van der Waals surface area contributed by atoms with Gasteiger partial charge in [-0.05, 0) is 27.6 Å². The van der Waals surface area contributed by atoms with Crippen LogP contribution < -0.4 is 5.73 Å². The minimum atomic E-state index is -4.43. The molecule has 0 radical (unpaired) electrons. The number of hydrogen-bond acceptors (Lipinski definition) is 2. The highest BCUT2D eigenvalue weighted by Crippen LogP contribution is 2.30. The fraction of sp³-hybridized carbons (Fsp3) is 0.286. The summed E-state index contributed by atoms with van der Waals surface area (Å²) in [6, 6.07) is -0.678. The maximum atomic E-state index is 12.1. The molecule has 0 aliphatic heterocycles. The highest BCUT2D eigenvalue weighted by molar-refractivity contribution is 9.10. The molecule has 80 valence electrons. The van der Waals surface area contributed by atoms with E-state index < -0.39 is 12.2 Å². The second kappa shape index (κ2) is 4.95. The zero-order chi connectivity index (χ0) is 10.1. The van der Waals surface area contributed by atoms with Gasteiger partial charge in [-0.1, -0.05) is 0 Å². The van der Waals surface area contributed by atoms with E-state index in [4.69, 9.17) is 5.73 Å². The van der Waals surface area contributed by atoms with Gasteiger partial charge in [0.2, 0.25) is 0 Å². The van der Waals surface area contributed by atoms with Gasteiger partial charge in [0.1, 0.15) is 6.04 Å². The van der Waals surface area contributed by atoms with Crippen LogP contribution in [0.5, 0.6) is 0 Å². The Bertz CT molecular complexity index is 305. The third kappa shape index (κ3) is 3.43. The van der Waals surface area contributed by atoms with E-state index in [9.17, 15) is 13.2 Å². The molecule has 0 bridgehead atoms. The van der Waals surface area contributed by atoms with Crippen molar-refractivity contribution < 1.29 is 13.2 Å². The lowest BCUT2D eigenvalue weighted by atomic mass is 10.1. The summed E-state index contributed by atoms with van der Waals surface area (Å²) in [5, 5.41) is 0. The van der Waals surface area contributed by atoms with Crippen LogP contribution in [0, 0.1) is 0 Å². The van der Waals surface area contributed by atoms with Gasteiger partial charge in [0.15, 0.2) is 0 Å². The molecular weight excluding hydrogens is 284 g/mol. The van der Waals surface area contributed by atoms with E-state index >= 15 is 0 Å². The molecule has 0 aliphatic rings. The summed E-state index contributed by atoms with van der Waals surface area (Å²) >= 11 is 3.01. The molecule has 7 heteroatoms. The SMILES string of the molecule is Cl.N[C@H](c1cncc(Br)c1)C(F)(F)F. The average molecular weight is 291 g/mol. The first kappa shape index (κ1) is 13.7. The number of pyridine rings is 1. The summed E-state index contributed by atoms with van der Waals surface area (Å²) in [6.45, 7) is 0. The van der Waals surface area contributed by atoms with Crippen molar-refractivity contribution in [2.75, 3.05) is 0 Å². The zero-order valence-corrected chi connectivity index (χ0v) is 9.16. The predicted molar refractivity (Wildman–Crippen MR) is 52.2 cm³/mol. The molecule has 2 nitrogen and oxygen atoms in total. The van der Waals surface area contributed by atoms with E-state index in [1.165, 1.54) is 12.3 Å². The molecule has 0 aromatic carbocycles. The molecule has 0 saturated carbocycles. The molecule has 0 aliphatic carbocycles. The number of aromatic nitrogens is 1. The lowest BCUT2D eigenvalue weighted by Crippen LogP contribution is -2.28. The molecule has 0 saturated heterocycles. The number of nitrogens with two attached hydrogens (primary N) is 1. The monoisotopic (exact) mass is 290 g/mol. The van der Waals surface area contributed by atoms with Gasteiger partial charge in [-0.25, -0.2) is 0 Å². The molecule has 0 amide bonds. The van der Waals surface area contributed by atoms with E-state index in [0.717, 1.165) is 6.20 Å². The normalized spacial score (nSPS) is 13.2. The van der Waals surface area contributed by atoms with Crippen molar-refractivity contribution in [3.8, 4) is 0 Å². The van der Waals surface area contributed by atoms with Crippen LogP contribution in [0.15, 0.2) is 22.9 Å². The van der Waals surface area contributed by atoms with Crippen molar-refractivity contribution in [3.63, 3.8) is 0 Å². The van der Waals surface area contributed by atoms with Crippen LogP contribution in [0.4, 0.5) is 13.2 Å². The Hall–Kier alpha value is -0.330. The van der Waals surface area contributed by atoms with Crippen molar-refractivity contribution in [3.05, 3.63) is 28.5 Å². The quantitative estimate of drug-likeness (QED) is 0.864. The lowest BCUT2D eigenvalue weighted by molar-refractivity contribution is -0.149. The maximum absolute atomic E-state index is 12.1. The topological polar surface area (TPSA) is 38.9 Å². The minimum Gasteiger partial charge on any atom is -0.316 e. The summed E-state index contributed by atoms with van der Waals surface area (Å²) in [5.74, 6) is 0. The molecular formula is C7H7BrClF3N2. The highest BCUT2D eigenvalue weighted by Gasteiger charge is 2.37. The fourth-order valence-electron chi connectivity index (χ4n) is 0.787. The lowest BCUT2D eigenvalue weighted by Gasteiger charge is -2.15. The van der Waals surface area contributed by atoms with Crippen LogP contribution in [-0.4, -0.2) is 11.2 Å². The van der Waals surface area contributed by atoms with E-state index in [2.05, 4.69) is 20.9 Å². The first-order valence-electron chi connectivity index (χ1n) is 3.34. The van der Waals surface area contributed by atoms with Crippen LogP contribution in [-0.2, 0) is 0 Å². The van der Waals surface area contributed by atoms with Gasteiger partial charge in [-0.3, -0.25) is 4.98 Å². The number of hydrogen-bond donors (Lipinski definition) is 1. The van der Waals surface area contributed by atoms with Crippen LogP contribution >= 0.6 is 28.3 Å². The molecule has 1 atom stereocenters. The van der Waals surface area contributed by atoms with Gasteiger partial charge in [0, 0.05) is 16.9 Å². The van der Waals surface area contributed by atoms with E-state index in [1.54, 1.807) is 0 Å². The second-order valence-electron chi connectivity index (χ2n) is 2.46. The first-order chi connectivity index (χ1) is 5.91. The van der Waals surface area contributed by atoms with Crippen LogP contribution in [0.1, 0.15) is 11.6 Å². The van der Waals surface area contributed by atoms with Crippen molar-refractivity contribution in [2.45, 2.75) is 12.2 Å². The Morgan fingerprint density at radius 1 is 1.36 bits per heavy atom. The van der Waals surface area contributed by atoms with Crippen molar-refractivity contribution in [1.29, 1.82) is 0 Å². The summed E-state index contributed by atoms with van der Waals surface area (Å²) in [6.07, 6.45) is -1.93. The van der Waals surface area contributed by atoms with Crippen LogP contribution in [0.3, 0.4) is 0 Å². The Balaban J connectivity index is 0.00000169. The van der Waals surface area contributed by atoms with E-state index in [1.807, 2.05) is 0 Å². The molecule has 0 spiro atoms. The fourth-order valence-corrected chi connectivity index (χ4v) is 1.17. The summed E-state index contributed by atoms with van der Waals surface area (Å²) in [7, 11) is 0. The second-order valence-corrected chi connectivity index (χ2v) is 3.37. The Kier molecular flexibility index (Phi) is 4.83. The maximum Gasteiger partial charge on any atom is 0.407 e. The Labute approximate surface area is 93.2 Å². The summed E-state index contributed by atoms with van der Waals surface area (Å²) in [4.78, 5) is 3.59. The number of nitrogens with zero attached hydrogens (tertiary/aromatic N) is 1. The number of halogens is 5. The van der Waals surface area contributed by atoms with Crippen molar-refractivity contribution >= 4 is 28.3 Å². The minimum absolute atomic E-state index is 0. The van der Waals surface area contributed by atoms with E-state index in [-0.39, 0.29) is 18.0 Å². The standard InChI is InChI=1S/C7H6BrF3N2.ClH/c8-5-1-4(2-13-3-5)6(12)7(9,10)11;/h1-3,6H,12H2;1H/t6-;/m1./s1. The van der Waals surface area contributed by atoms with Gasteiger partial charge in [0.05, 0.1) is 0 Å². The van der Waals surface area contributed by atoms with Gasteiger partial charge >= 0.3 is 6.18 Å². The van der Waals surface area contributed by atoms with Crippen LogP contribution in [0.2, 0.25) is 0 Å². The summed E-state index contributed by atoms with van der Waals surface area (Å²) < 4.78 is 36.8. The summed E-state index contributed by atoms with van der Waals surface area (Å²) in [5.41, 5.74) is 4.90. The number of rotatable bonds is 1. The molecule has 1 aromatic heterocycles. The average Bonchev–Trinajstić information content (AvgIpc) is 2.01. The van der Waals surface area contributed by atoms with Gasteiger partial charge < -0.3 is 5.73 Å². The third-order valence-electron chi connectivity index (χ3n) is 1.44. The van der Waals surface area contributed by atoms with Gasteiger partial charge in [-0.15, -0.1) is 12.4 Å².